The first-order valence-electron chi connectivity index (χ1n) is 8.22. The summed E-state index contributed by atoms with van der Waals surface area (Å²) in [6.45, 7) is 9.01. The van der Waals surface area contributed by atoms with E-state index in [1.54, 1.807) is 0 Å². The predicted molar refractivity (Wildman–Crippen MR) is 88.7 cm³/mol. The number of thiazole rings is 1. The maximum absolute atomic E-state index is 4.71. The van der Waals surface area contributed by atoms with Gasteiger partial charge in [-0.15, -0.1) is 11.3 Å². The van der Waals surface area contributed by atoms with Gasteiger partial charge < -0.3 is 10.2 Å². The summed E-state index contributed by atoms with van der Waals surface area (Å²) in [5, 5.41) is 4.79. The average molecular weight is 295 g/mol. The van der Waals surface area contributed by atoms with Crippen molar-refractivity contribution in [1.82, 2.24) is 10.3 Å². The van der Waals surface area contributed by atoms with Crippen molar-refractivity contribution >= 4 is 16.5 Å². The van der Waals surface area contributed by atoms with E-state index in [0.29, 0.717) is 12.1 Å². The molecule has 1 aromatic heterocycles. The summed E-state index contributed by atoms with van der Waals surface area (Å²) in [5.41, 5.74) is 0. The van der Waals surface area contributed by atoms with Crippen LogP contribution in [0.3, 0.4) is 0 Å². The Hall–Kier alpha value is -0.610. The molecule has 0 spiro atoms. The fraction of sp³-hybridized carbons (Fsp3) is 0.812. The van der Waals surface area contributed by atoms with Crippen molar-refractivity contribution in [3.05, 3.63) is 11.1 Å². The van der Waals surface area contributed by atoms with Crippen molar-refractivity contribution in [3.63, 3.8) is 0 Å². The molecule has 0 amide bonds. The topological polar surface area (TPSA) is 28.2 Å². The van der Waals surface area contributed by atoms with Crippen LogP contribution in [-0.2, 0) is 0 Å². The fourth-order valence-electron chi connectivity index (χ4n) is 2.96. The van der Waals surface area contributed by atoms with Crippen molar-refractivity contribution in [3.8, 4) is 0 Å². The van der Waals surface area contributed by atoms with E-state index in [1.165, 1.54) is 55.1 Å². The fourth-order valence-corrected chi connectivity index (χ4v) is 4.00. The minimum absolute atomic E-state index is 0.426. The van der Waals surface area contributed by atoms with E-state index in [-0.39, 0.29) is 0 Å². The third-order valence-electron chi connectivity index (χ3n) is 4.13. The van der Waals surface area contributed by atoms with E-state index in [2.05, 4.69) is 37.2 Å². The quantitative estimate of drug-likeness (QED) is 0.810. The number of nitrogens with one attached hydrogen (secondary N) is 1. The second-order valence-corrected chi connectivity index (χ2v) is 6.89. The summed E-state index contributed by atoms with van der Waals surface area (Å²) >= 11 is 1.88. The molecule has 1 fully saturated rings. The van der Waals surface area contributed by atoms with Crippen molar-refractivity contribution < 1.29 is 0 Å². The lowest BCUT2D eigenvalue weighted by Gasteiger charge is -2.35. The lowest BCUT2D eigenvalue weighted by molar-refractivity contribution is 0.434. The highest BCUT2D eigenvalue weighted by molar-refractivity contribution is 7.15. The number of hydrogen-bond acceptors (Lipinski definition) is 4. The van der Waals surface area contributed by atoms with Crippen LogP contribution in [0, 0.1) is 0 Å². The number of hydrogen-bond donors (Lipinski definition) is 1. The van der Waals surface area contributed by atoms with E-state index in [9.17, 15) is 0 Å². The zero-order valence-corrected chi connectivity index (χ0v) is 14.0. The maximum atomic E-state index is 4.71. The van der Waals surface area contributed by atoms with Crippen molar-refractivity contribution in [2.24, 2.45) is 0 Å². The van der Waals surface area contributed by atoms with Gasteiger partial charge in [0.15, 0.2) is 5.13 Å². The minimum atomic E-state index is 0.426. The molecule has 20 heavy (non-hydrogen) atoms. The van der Waals surface area contributed by atoms with Gasteiger partial charge in [-0.3, -0.25) is 0 Å². The molecule has 2 unspecified atom stereocenters. The maximum Gasteiger partial charge on any atom is 0.185 e. The highest BCUT2D eigenvalue weighted by Gasteiger charge is 2.24. The van der Waals surface area contributed by atoms with Gasteiger partial charge >= 0.3 is 0 Å². The largest absolute Gasteiger partial charge is 0.345 e. The number of rotatable bonds is 7. The average Bonchev–Trinajstić information content (AvgIpc) is 2.95. The Balaban J connectivity index is 2.02. The van der Waals surface area contributed by atoms with Gasteiger partial charge in [-0.05, 0) is 45.6 Å². The molecule has 0 aromatic carbocycles. The molecular weight excluding hydrogens is 266 g/mol. The zero-order valence-electron chi connectivity index (χ0n) is 13.2. The molecule has 2 heterocycles. The molecule has 1 aliphatic heterocycles. The molecule has 2 atom stereocenters. The molecule has 114 valence electrons. The lowest BCUT2D eigenvalue weighted by atomic mass is 9.99. The summed E-state index contributed by atoms with van der Waals surface area (Å²) < 4.78 is 0. The molecule has 1 aliphatic rings. The van der Waals surface area contributed by atoms with E-state index in [4.69, 9.17) is 4.98 Å². The molecule has 0 radical (unpaired) electrons. The summed E-state index contributed by atoms with van der Waals surface area (Å²) in [6.07, 6.45) is 9.87. The van der Waals surface area contributed by atoms with Crippen LogP contribution in [0.5, 0.6) is 0 Å². The third-order valence-corrected chi connectivity index (χ3v) is 5.35. The predicted octanol–water partition coefficient (Wildman–Crippen LogP) is 4.36. The molecule has 0 aliphatic carbocycles. The van der Waals surface area contributed by atoms with Crippen LogP contribution >= 0.6 is 11.3 Å². The molecule has 1 aromatic rings. The molecule has 4 heteroatoms. The normalized spacial score (nSPS) is 21.1. The Morgan fingerprint density at radius 2 is 2.25 bits per heavy atom. The van der Waals surface area contributed by atoms with Crippen LogP contribution in [0.4, 0.5) is 5.13 Å². The van der Waals surface area contributed by atoms with Gasteiger partial charge in [-0.25, -0.2) is 4.98 Å². The monoisotopic (exact) mass is 295 g/mol. The van der Waals surface area contributed by atoms with Gasteiger partial charge in [0, 0.05) is 29.7 Å². The first kappa shape index (κ1) is 15.8. The second kappa shape index (κ2) is 7.99. The smallest absolute Gasteiger partial charge is 0.185 e. The Bertz CT molecular complexity index is 389. The summed E-state index contributed by atoms with van der Waals surface area (Å²) in [5.74, 6) is 0. The number of nitrogens with zero attached hydrogens (tertiary/aromatic N) is 2. The van der Waals surface area contributed by atoms with Crippen LogP contribution in [0.25, 0.3) is 0 Å². The second-order valence-electron chi connectivity index (χ2n) is 5.85. The Morgan fingerprint density at radius 1 is 1.40 bits per heavy atom. The van der Waals surface area contributed by atoms with E-state index < -0.39 is 0 Å². The first-order valence-corrected chi connectivity index (χ1v) is 9.03. The molecule has 1 saturated heterocycles. The lowest BCUT2D eigenvalue weighted by Crippen LogP contribution is -2.39. The van der Waals surface area contributed by atoms with Gasteiger partial charge in [0.05, 0.1) is 0 Å². The minimum Gasteiger partial charge on any atom is -0.345 e. The van der Waals surface area contributed by atoms with E-state index in [0.717, 1.165) is 6.54 Å². The van der Waals surface area contributed by atoms with Gasteiger partial charge in [0.2, 0.25) is 0 Å². The standard InChI is InChI=1S/C16H29N3S/c1-4-8-14-9-6-7-11-19(14)16-18-12-15(20-16)13(3)17-10-5-2/h12-14,17H,4-11H2,1-3H3. The van der Waals surface area contributed by atoms with Gasteiger partial charge in [-0.2, -0.15) is 0 Å². The molecule has 2 rings (SSSR count). The molecule has 1 N–H and O–H groups in total. The van der Waals surface area contributed by atoms with E-state index in [1.807, 2.05) is 11.3 Å². The number of aromatic nitrogens is 1. The Labute approximate surface area is 127 Å². The first-order chi connectivity index (χ1) is 9.76. The molecular formula is C16H29N3S. The van der Waals surface area contributed by atoms with Crippen LogP contribution in [0.2, 0.25) is 0 Å². The molecule has 3 nitrogen and oxygen atoms in total. The van der Waals surface area contributed by atoms with Crippen LogP contribution < -0.4 is 10.2 Å². The van der Waals surface area contributed by atoms with Gasteiger partial charge in [0.1, 0.15) is 0 Å². The van der Waals surface area contributed by atoms with Crippen molar-refractivity contribution in [2.75, 3.05) is 18.0 Å². The van der Waals surface area contributed by atoms with Crippen LogP contribution in [0.1, 0.15) is 70.2 Å². The Morgan fingerprint density at radius 3 is 3.00 bits per heavy atom. The number of anilines is 1. The Kier molecular flexibility index (Phi) is 6.30. The summed E-state index contributed by atoms with van der Waals surface area (Å²) in [7, 11) is 0. The SMILES string of the molecule is CCCNC(C)c1cnc(N2CCCCC2CCC)s1. The van der Waals surface area contributed by atoms with Crippen molar-refractivity contribution in [2.45, 2.75) is 71.4 Å². The summed E-state index contributed by atoms with van der Waals surface area (Å²) in [4.78, 5) is 8.64. The molecule has 0 saturated carbocycles. The van der Waals surface area contributed by atoms with Gasteiger partial charge in [0.25, 0.3) is 0 Å². The van der Waals surface area contributed by atoms with Gasteiger partial charge in [-0.1, -0.05) is 20.3 Å². The third kappa shape index (κ3) is 3.95. The highest BCUT2D eigenvalue weighted by atomic mass is 32.1. The van der Waals surface area contributed by atoms with Crippen molar-refractivity contribution in [1.29, 1.82) is 0 Å². The van der Waals surface area contributed by atoms with E-state index >= 15 is 0 Å². The summed E-state index contributed by atoms with van der Waals surface area (Å²) in [6, 6.07) is 1.14. The number of piperidine rings is 1. The molecule has 0 bridgehead atoms. The van der Waals surface area contributed by atoms with Crippen LogP contribution in [0.15, 0.2) is 6.20 Å². The highest BCUT2D eigenvalue weighted by Crippen LogP contribution is 2.32. The zero-order chi connectivity index (χ0) is 14.4. The van der Waals surface area contributed by atoms with Crippen LogP contribution in [-0.4, -0.2) is 24.1 Å².